The zero-order valence-electron chi connectivity index (χ0n) is 20.3. The molecule has 1 fully saturated rings. The lowest BCUT2D eigenvalue weighted by Gasteiger charge is -2.36. The first kappa shape index (κ1) is 25.5. The summed E-state index contributed by atoms with van der Waals surface area (Å²) in [5, 5.41) is 3.34. The highest BCUT2D eigenvalue weighted by atomic mass is 35.5. The Bertz CT molecular complexity index is 1250. The van der Waals surface area contributed by atoms with Crippen molar-refractivity contribution < 1.29 is 18.4 Å². The summed E-state index contributed by atoms with van der Waals surface area (Å²) in [6.45, 7) is 6.85. The number of piperazine rings is 1. The summed E-state index contributed by atoms with van der Waals surface area (Å²) < 4.78 is 18.8. The van der Waals surface area contributed by atoms with Crippen LogP contribution in [0, 0.1) is 11.7 Å². The van der Waals surface area contributed by atoms with Crippen LogP contribution in [-0.2, 0) is 9.59 Å². The van der Waals surface area contributed by atoms with E-state index >= 15 is 0 Å². The summed E-state index contributed by atoms with van der Waals surface area (Å²) in [7, 11) is 0. The molecule has 0 atom stereocenters. The van der Waals surface area contributed by atoms with Crippen LogP contribution in [-0.4, -0.2) is 42.9 Å². The highest BCUT2D eigenvalue weighted by Gasteiger charge is 2.23. The Balaban J connectivity index is 1.31. The summed E-state index contributed by atoms with van der Waals surface area (Å²) in [6.07, 6.45) is 3.51. The van der Waals surface area contributed by atoms with Gasteiger partial charge in [-0.3, -0.25) is 9.59 Å². The van der Waals surface area contributed by atoms with Crippen LogP contribution in [0.1, 0.15) is 26.0 Å². The van der Waals surface area contributed by atoms with Gasteiger partial charge in [0.25, 0.3) is 0 Å². The Morgan fingerprint density at radius 1 is 1.06 bits per heavy atom. The Hall–Kier alpha value is -3.58. The van der Waals surface area contributed by atoms with E-state index in [-0.39, 0.29) is 17.6 Å². The van der Waals surface area contributed by atoms with Gasteiger partial charge in [-0.25, -0.2) is 4.39 Å². The smallest absolute Gasteiger partial charge is 0.248 e. The Kier molecular flexibility index (Phi) is 8.10. The first-order valence-corrected chi connectivity index (χ1v) is 12.3. The zero-order chi connectivity index (χ0) is 25.7. The van der Waals surface area contributed by atoms with E-state index in [0.29, 0.717) is 60.7 Å². The van der Waals surface area contributed by atoms with E-state index in [1.165, 1.54) is 18.2 Å². The molecule has 1 saturated heterocycles. The Labute approximate surface area is 215 Å². The number of halogens is 2. The van der Waals surface area contributed by atoms with Crippen molar-refractivity contribution in [2.45, 2.75) is 20.3 Å². The average Bonchev–Trinajstić information content (AvgIpc) is 3.32. The third-order valence-electron chi connectivity index (χ3n) is 5.93. The van der Waals surface area contributed by atoms with E-state index in [4.69, 9.17) is 16.0 Å². The maximum atomic E-state index is 13.1. The third kappa shape index (κ3) is 6.55. The summed E-state index contributed by atoms with van der Waals surface area (Å²) in [5.74, 6) is 0.997. The number of rotatable bonds is 7. The lowest BCUT2D eigenvalue weighted by molar-refractivity contribution is -0.132. The number of hydrogen-bond acceptors (Lipinski definition) is 4. The summed E-state index contributed by atoms with van der Waals surface area (Å²) in [6, 6.07) is 14.9. The van der Waals surface area contributed by atoms with Gasteiger partial charge in [0.1, 0.15) is 17.3 Å². The van der Waals surface area contributed by atoms with Gasteiger partial charge in [-0.15, -0.1) is 0 Å². The minimum absolute atomic E-state index is 0.197. The maximum absolute atomic E-state index is 13.1. The number of furan rings is 1. The van der Waals surface area contributed by atoms with E-state index in [2.05, 4.69) is 10.2 Å². The van der Waals surface area contributed by atoms with E-state index in [0.717, 1.165) is 11.3 Å². The number of carbonyl (C=O) groups excluding carboxylic acids is 2. The largest absolute Gasteiger partial charge is 0.457 e. The topological polar surface area (TPSA) is 65.8 Å². The Morgan fingerprint density at radius 3 is 2.44 bits per heavy atom. The molecule has 8 heteroatoms. The number of nitrogens with zero attached hydrogens (tertiary/aromatic N) is 2. The van der Waals surface area contributed by atoms with Crippen LogP contribution in [0.3, 0.4) is 0 Å². The van der Waals surface area contributed by atoms with Crippen LogP contribution in [0.2, 0.25) is 5.02 Å². The van der Waals surface area contributed by atoms with Crippen LogP contribution in [0.5, 0.6) is 0 Å². The van der Waals surface area contributed by atoms with Gasteiger partial charge in [0.2, 0.25) is 11.8 Å². The molecule has 1 N–H and O–H groups in total. The monoisotopic (exact) mass is 509 g/mol. The SMILES string of the molecule is CC(C)CC(=O)N1CCN(c2ccc(NC(=O)/C=C/c3ccc(-c4ccc(F)cc4)o3)cc2Cl)CC1. The minimum Gasteiger partial charge on any atom is -0.457 e. The van der Waals surface area contributed by atoms with Crippen LogP contribution in [0.15, 0.2) is 65.1 Å². The van der Waals surface area contributed by atoms with Gasteiger partial charge < -0.3 is 19.5 Å². The van der Waals surface area contributed by atoms with Gasteiger partial charge in [0.05, 0.1) is 10.7 Å². The van der Waals surface area contributed by atoms with E-state index in [9.17, 15) is 14.0 Å². The van der Waals surface area contributed by atoms with Crippen molar-refractivity contribution in [2.24, 2.45) is 5.92 Å². The standard InChI is InChI=1S/C28H29ClFN3O3/c1-19(2)17-28(35)33-15-13-32(14-16-33)25-10-7-22(18-24(25)29)31-27(34)12-9-23-8-11-26(36-23)20-3-5-21(30)6-4-20/h3-12,18-19H,13-17H2,1-2H3,(H,31,34)/b12-9+. The molecule has 2 heterocycles. The molecule has 4 rings (SSSR count). The second-order valence-corrected chi connectivity index (χ2v) is 9.57. The molecule has 6 nitrogen and oxygen atoms in total. The molecule has 3 aromatic rings. The predicted molar refractivity (Wildman–Crippen MR) is 141 cm³/mol. The fraction of sp³-hybridized carbons (Fsp3) is 0.286. The molecule has 1 aliphatic rings. The lowest BCUT2D eigenvalue weighted by Crippen LogP contribution is -2.49. The Morgan fingerprint density at radius 2 is 1.78 bits per heavy atom. The lowest BCUT2D eigenvalue weighted by atomic mass is 10.1. The molecule has 1 aliphatic heterocycles. The van der Waals surface area contributed by atoms with Gasteiger partial charge in [-0.1, -0.05) is 25.4 Å². The first-order chi connectivity index (χ1) is 17.3. The number of nitrogens with one attached hydrogen (secondary N) is 1. The van der Waals surface area contributed by atoms with Gasteiger partial charge in [0, 0.05) is 49.9 Å². The quantitative estimate of drug-likeness (QED) is 0.392. The number of carbonyl (C=O) groups is 2. The molecule has 188 valence electrons. The van der Waals surface area contributed by atoms with Crippen molar-refractivity contribution in [3.63, 3.8) is 0 Å². The van der Waals surface area contributed by atoms with Gasteiger partial charge in [0.15, 0.2) is 0 Å². The molecule has 2 aromatic carbocycles. The predicted octanol–water partition coefficient (Wildman–Crippen LogP) is 6.09. The van der Waals surface area contributed by atoms with Crippen LogP contribution in [0.4, 0.5) is 15.8 Å². The first-order valence-electron chi connectivity index (χ1n) is 12.0. The third-order valence-corrected chi connectivity index (χ3v) is 6.23. The molecule has 0 saturated carbocycles. The van der Waals surface area contributed by atoms with Crippen LogP contribution in [0.25, 0.3) is 17.4 Å². The molecule has 1 aromatic heterocycles. The number of benzene rings is 2. The number of hydrogen-bond donors (Lipinski definition) is 1. The number of amides is 2. The molecule has 0 unspecified atom stereocenters. The van der Waals surface area contributed by atoms with Crippen molar-refractivity contribution in [2.75, 3.05) is 36.4 Å². The van der Waals surface area contributed by atoms with E-state index in [1.807, 2.05) is 30.9 Å². The van der Waals surface area contributed by atoms with Gasteiger partial charge in [-0.2, -0.15) is 0 Å². The zero-order valence-corrected chi connectivity index (χ0v) is 21.1. The van der Waals surface area contributed by atoms with Crippen molar-refractivity contribution in [3.8, 4) is 11.3 Å². The van der Waals surface area contributed by atoms with Crippen molar-refractivity contribution in [3.05, 3.63) is 77.3 Å². The maximum Gasteiger partial charge on any atom is 0.248 e. The van der Waals surface area contributed by atoms with E-state index < -0.39 is 0 Å². The molecular weight excluding hydrogens is 481 g/mol. The van der Waals surface area contributed by atoms with Crippen LogP contribution >= 0.6 is 11.6 Å². The summed E-state index contributed by atoms with van der Waals surface area (Å²) in [4.78, 5) is 28.8. The normalized spacial score (nSPS) is 14.0. The number of anilines is 2. The molecule has 0 spiro atoms. The van der Waals surface area contributed by atoms with Crippen LogP contribution < -0.4 is 10.2 Å². The molecule has 0 radical (unpaired) electrons. The molecule has 36 heavy (non-hydrogen) atoms. The summed E-state index contributed by atoms with van der Waals surface area (Å²) in [5.41, 5.74) is 2.21. The van der Waals surface area contributed by atoms with Gasteiger partial charge in [-0.05, 0) is 66.6 Å². The fourth-order valence-electron chi connectivity index (χ4n) is 4.07. The van der Waals surface area contributed by atoms with Gasteiger partial charge >= 0.3 is 0 Å². The average molecular weight is 510 g/mol. The van der Waals surface area contributed by atoms with E-state index in [1.54, 1.807) is 36.4 Å². The molecule has 2 amide bonds. The van der Waals surface area contributed by atoms with Crippen molar-refractivity contribution in [1.29, 1.82) is 0 Å². The summed E-state index contributed by atoms with van der Waals surface area (Å²) >= 11 is 6.53. The molecule has 0 aliphatic carbocycles. The fourth-order valence-corrected chi connectivity index (χ4v) is 4.37. The minimum atomic E-state index is -0.323. The molecule has 0 bridgehead atoms. The highest BCUT2D eigenvalue weighted by Crippen LogP contribution is 2.30. The van der Waals surface area contributed by atoms with Crippen molar-refractivity contribution >= 4 is 40.9 Å². The molecular formula is C28H29ClFN3O3. The highest BCUT2D eigenvalue weighted by molar-refractivity contribution is 6.33. The second kappa shape index (κ2) is 11.4. The second-order valence-electron chi connectivity index (χ2n) is 9.16. The van der Waals surface area contributed by atoms with Crippen molar-refractivity contribution in [1.82, 2.24) is 4.90 Å².